The van der Waals surface area contributed by atoms with Crippen molar-refractivity contribution in [1.82, 2.24) is 0 Å². The highest BCUT2D eigenvalue weighted by atomic mass is 16.5. The van der Waals surface area contributed by atoms with Crippen molar-refractivity contribution in [1.29, 1.82) is 0 Å². The summed E-state index contributed by atoms with van der Waals surface area (Å²) in [5, 5.41) is 8.90. The van der Waals surface area contributed by atoms with Crippen molar-refractivity contribution in [3.63, 3.8) is 0 Å². The van der Waals surface area contributed by atoms with E-state index in [0.717, 1.165) is 29.8 Å². The summed E-state index contributed by atoms with van der Waals surface area (Å²) in [5.41, 5.74) is 4.98. The van der Waals surface area contributed by atoms with Gasteiger partial charge in [-0.2, -0.15) is 0 Å². The van der Waals surface area contributed by atoms with Gasteiger partial charge in [0.25, 0.3) is 5.91 Å². The largest absolute Gasteiger partial charge is 0.491 e. The van der Waals surface area contributed by atoms with E-state index in [1.165, 1.54) is 5.56 Å². The van der Waals surface area contributed by atoms with Gasteiger partial charge in [0.15, 0.2) is 0 Å². The second kappa shape index (κ2) is 12.9. The molecule has 0 aliphatic rings. The number of carbonyl (C=O) groups excluding carboxylic acids is 2. The van der Waals surface area contributed by atoms with Crippen LogP contribution >= 0.6 is 0 Å². The number of anilines is 3. The second-order valence-corrected chi connectivity index (χ2v) is 8.74. The van der Waals surface area contributed by atoms with Gasteiger partial charge in [-0.25, -0.2) is 0 Å². The standard InChI is InChI=1S/C31H31N3O3/c1-23-9-7-13-25(21-23)31(36)34-27-18-16-26(17-19-27)33-30(35)22-32-28-14-5-6-15-29(28)37-20-8-12-24-10-3-2-4-11-24/h2-7,9-11,13-19,21,32H,8,12,20,22H2,1H3,(H,33,35)(H,34,36). The Bertz CT molecular complexity index is 1320. The normalized spacial score (nSPS) is 10.4. The molecule has 0 unspecified atom stereocenters. The maximum atomic E-state index is 12.5. The summed E-state index contributed by atoms with van der Waals surface area (Å²) in [5.74, 6) is 0.359. The van der Waals surface area contributed by atoms with Crippen molar-refractivity contribution >= 4 is 28.9 Å². The Kier molecular flexibility index (Phi) is 8.92. The molecule has 0 saturated carbocycles. The van der Waals surface area contributed by atoms with Crippen LogP contribution in [0.3, 0.4) is 0 Å². The third kappa shape index (κ3) is 7.97. The van der Waals surface area contributed by atoms with E-state index in [4.69, 9.17) is 4.74 Å². The molecule has 0 aromatic heterocycles. The third-order valence-corrected chi connectivity index (χ3v) is 5.74. The van der Waals surface area contributed by atoms with E-state index in [1.807, 2.05) is 67.6 Å². The molecule has 37 heavy (non-hydrogen) atoms. The molecule has 6 nitrogen and oxygen atoms in total. The molecule has 4 aromatic carbocycles. The number of amides is 2. The molecule has 0 bridgehead atoms. The maximum Gasteiger partial charge on any atom is 0.255 e. The molecule has 3 N–H and O–H groups in total. The van der Waals surface area contributed by atoms with E-state index in [-0.39, 0.29) is 18.4 Å². The molecule has 4 rings (SSSR count). The highest BCUT2D eigenvalue weighted by Gasteiger charge is 2.08. The van der Waals surface area contributed by atoms with Crippen LogP contribution in [0, 0.1) is 6.92 Å². The van der Waals surface area contributed by atoms with Gasteiger partial charge in [0.1, 0.15) is 5.75 Å². The molecular weight excluding hydrogens is 462 g/mol. The lowest BCUT2D eigenvalue weighted by Gasteiger charge is -2.13. The van der Waals surface area contributed by atoms with Crippen LogP contribution in [0.25, 0.3) is 0 Å². The number of rotatable bonds is 11. The van der Waals surface area contributed by atoms with Crippen molar-refractivity contribution in [3.05, 3.63) is 120 Å². The number of hydrogen-bond acceptors (Lipinski definition) is 4. The zero-order chi connectivity index (χ0) is 25.9. The van der Waals surface area contributed by atoms with Crippen molar-refractivity contribution in [3.8, 4) is 5.75 Å². The van der Waals surface area contributed by atoms with E-state index in [0.29, 0.717) is 23.5 Å². The van der Waals surface area contributed by atoms with Gasteiger partial charge < -0.3 is 20.7 Å². The van der Waals surface area contributed by atoms with Gasteiger partial charge in [0.2, 0.25) is 5.91 Å². The fourth-order valence-corrected chi connectivity index (χ4v) is 3.85. The van der Waals surface area contributed by atoms with Crippen LogP contribution in [0.15, 0.2) is 103 Å². The first kappa shape index (κ1) is 25.5. The van der Waals surface area contributed by atoms with Crippen LogP contribution in [0.1, 0.15) is 27.9 Å². The molecule has 0 fully saturated rings. The monoisotopic (exact) mass is 493 g/mol. The number of carbonyl (C=O) groups is 2. The smallest absolute Gasteiger partial charge is 0.255 e. The quantitative estimate of drug-likeness (QED) is 0.214. The Hall–Kier alpha value is -4.58. The number of benzene rings is 4. The molecule has 0 atom stereocenters. The first-order valence-electron chi connectivity index (χ1n) is 12.3. The molecule has 0 spiro atoms. The van der Waals surface area contributed by atoms with Crippen LogP contribution < -0.4 is 20.7 Å². The average molecular weight is 494 g/mol. The lowest BCUT2D eigenvalue weighted by molar-refractivity contribution is -0.114. The summed E-state index contributed by atoms with van der Waals surface area (Å²) in [4.78, 5) is 24.9. The molecule has 0 radical (unpaired) electrons. The summed E-state index contributed by atoms with van der Waals surface area (Å²) in [7, 11) is 0. The van der Waals surface area contributed by atoms with Gasteiger partial charge in [-0.15, -0.1) is 0 Å². The summed E-state index contributed by atoms with van der Waals surface area (Å²) >= 11 is 0. The minimum Gasteiger partial charge on any atom is -0.491 e. The van der Waals surface area contributed by atoms with E-state index in [9.17, 15) is 9.59 Å². The van der Waals surface area contributed by atoms with Crippen molar-refractivity contribution in [2.45, 2.75) is 19.8 Å². The fourth-order valence-electron chi connectivity index (χ4n) is 3.85. The third-order valence-electron chi connectivity index (χ3n) is 5.74. The Morgan fingerprint density at radius 3 is 2.22 bits per heavy atom. The van der Waals surface area contributed by atoms with Gasteiger partial charge in [-0.3, -0.25) is 9.59 Å². The number of nitrogens with one attached hydrogen (secondary N) is 3. The number of para-hydroxylation sites is 2. The summed E-state index contributed by atoms with van der Waals surface area (Å²) in [6, 6.07) is 32.4. The SMILES string of the molecule is Cc1cccc(C(=O)Nc2ccc(NC(=O)CNc3ccccc3OCCCc3ccccc3)cc2)c1. The van der Waals surface area contributed by atoms with Gasteiger partial charge in [0.05, 0.1) is 18.8 Å². The predicted molar refractivity (Wildman–Crippen MR) is 149 cm³/mol. The van der Waals surface area contributed by atoms with Gasteiger partial charge in [-0.1, -0.05) is 60.2 Å². The second-order valence-electron chi connectivity index (χ2n) is 8.74. The van der Waals surface area contributed by atoms with Crippen LogP contribution in [-0.4, -0.2) is 25.0 Å². The van der Waals surface area contributed by atoms with E-state index in [2.05, 4.69) is 28.1 Å². The van der Waals surface area contributed by atoms with E-state index < -0.39 is 0 Å². The van der Waals surface area contributed by atoms with E-state index >= 15 is 0 Å². The molecule has 0 aliphatic heterocycles. The summed E-state index contributed by atoms with van der Waals surface area (Å²) < 4.78 is 5.96. The molecule has 6 heteroatoms. The van der Waals surface area contributed by atoms with Gasteiger partial charge >= 0.3 is 0 Å². The van der Waals surface area contributed by atoms with Crippen molar-refractivity contribution in [2.75, 3.05) is 29.1 Å². The topological polar surface area (TPSA) is 79.5 Å². The van der Waals surface area contributed by atoms with Crippen LogP contribution in [0.5, 0.6) is 5.75 Å². The minimum atomic E-state index is -0.185. The molecular formula is C31H31N3O3. The van der Waals surface area contributed by atoms with Crippen LogP contribution in [-0.2, 0) is 11.2 Å². The number of aryl methyl sites for hydroxylation is 2. The fraction of sp³-hybridized carbons (Fsp3) is 0.161. The zero-order valence-electron chi connectivity index (χ0n) is 20.9. The zero-order valence-corrected chi connectivity index (χ0v) is 20.9. The first-order chi connectivity index (χ1) is 18.1. The van der Waals surface area contributed by atoms with Crippen LogP contribution in [0.2, 0.25) is 0 Å². The molecule has 0 saturated heterocycles. The highest BCUT2D eigenvalue weighted by molar-refractivity contribution is 6.04. The average Bonchev–Trinajstić information content (AvgIpc) is 2.92. The van der Waals surface area contributed by atoms with Crippen molar-refractivity contribution in [2.24, 2.45) is 0 Å². The molecule has 188 valence electrons. The number of hydrogen-bond donors (Lipinski definition) is 3. The molecule has 0 aliphatic carbocycles. The molecule has 4 aromatic rings. The van der Waals surface area contributed by atoms with Gasteiger partial charge in [-0.05, 0) is 73.9 Å². The summed E-state index contributed by atoms with van der Waals surface area (Å²) in [6.07, 6.45) is 1.85. The lowest BCUT2D eigenvalue weighted by atomic mass is 10.1. The van der Waals surface area contributed by atoms with E-state index in [1.54, 1.807) is 30.3 Å². The Morgan fingerprint density at radius 2 is 1.46 bits per heavy atom. The Morgan fingerprint density at radius 1 is 0.757 bits per heavy atom. The lowest BCUT2D eigenvalue weighted by Crippen LogP contribution is -2.22. The highest BCUT2D eigenvalue weighted by Crippen LogP contribution is 2.24. The summed E-state index contributed by atoms with van der Waals surface area (Å²) in [6.45, 7) is 2.63. The maximum absolute atomic E-state index is 12.5. The Labute approximate surface area is 217 Å². The minimum absolute atomic E-state index is 0.0935. The van der Waals surface area contributed by atoms with Crippen LogP contribution in [0.4, 0.5) is 17.1 Å². The Balaban J connectivity index is 1.23. The predicted octanol–water partition coefficient (Wildman–Crippen LogP) is 6.31. The first-order valence-corrected chi connectivity index (χ1v) is 12.3. The molecule has 2 amide bonds. The molecule has 0 heterocycles. The number of ether oxygens (including phenoxy) is 1. The van der Waals surface area contributed by atoms with Crippen molar-refractivity contribution < 1.29 is 14.3 Å². The van der Waals surface area contributed by atoms with Gasteiger partial charge in [0, 0.05) is 16.9 Å².